The minimum absolute atomic E-state index is 0.514. The molecular formula is C16H17ClO. The number of hydrogen-bond acceptors (Lipinski definition) is 1. The maximum Gasteiger partial charge on any atom is 0.120 e. The molecule has 94 valence electrons. The molecule has 0 aliphatic rings. The first-order valence-electron chi connectivity index (χ1n) is 6.03. The number of aryl methyl sites for hydroxylation is 2. The van der Waals surface area contributed by atoms with Gasteiger partial charge in [0.2, 0.25) is 0 Å². The van der Waals surface area contributed by atoms with Gasteiger partial charge < -0.3 is 4.74 Å². The summed E-state index contributed by atoms with van der Waals surface area (Å²) in [6.07, 6.45) is 0. The third kappa shape index (κ3) is 3.05. The summed E-state index contributed by atoms with van der Waals surface area (Å²) < 4.78 is 5.84. The summed E-state index contributed by atoms with van der Waals surface area (Å²) in [6.45, 7) is 4.83. The number of hydrogen-bond donors (Lipinski definition) is 0. The SMILES string of the molecule is Cc1cccc(C)c1COc1cccc(CCl)c1. The van der Waals surface area contributed by atoms with E-state index in [0.29, 0.717) is 12.5 Å². The number of halogens is 1. The Morgan fingerprint density at radius 2 is 1.67 bits per heavy atom. The van der Waals surface area contributed by atoms with Gasteiger partial charge in [-0.2, -0.15) is 0 Å². The van der Waals surface area contributed by atoms with Crippen molar-refractivity contribution in [1.29, 1.82) is 0 Å². The van der Waals surface area contributed by atoms with Crippen molar-refractivity contribution >= 4 is 11.6 Å². The molecule has 0 aromatic heterocycles. The average molecular weight is 261 g/mol. The number of ether oxygens (including phenoxy) is 1. The Balaban J connectivity index is 2.11. The standard InChI is InChI=1S/C16H17ClO/c1-12-5-3-6-13(2)16(12)11-18-15-8-4-7-14(9-15)10-17/h3-9H,10-11H2,1-2H3. The van der Waals surface area contributed by atoms with E-state index in [1.165, 1.54) is 16.7 Å². The lowest BCUT2D eigenvalue weighted by molar-refractivity contribution is 0.304. The van der Waals surface area contributed by atoms with Gasteiger partial charge in [-0.05, 0) is 48.2 Å². The Bertz CT molecular complexity index is 514. The van der Waals surface area contributed by atoms with Crippen molar-refractivity contribution in [2.45, 2.75) is 26.3 Å². The van der Waals surface area contributed by atoms with Crippen LogP contribution in [0.25, 0.3) is 0 Å². The van der Waals surface area contributed by atoms with E-state index >= 15 is 0 Å². The molecule has 0 N–H and O–H groups in total. The van der Waals surface area contributed by atoms with Gasteiger partial charge in [-0.15, -0.1) is 11.6 Å². The largest absolute Gasteiger partial charge is 0.489 e. The van der Waals surface area contributed by atoms with Crippen molar-refractivity contribution in [2.24, 2.45) is 0 Å². The second-order valence-corrected chi connectivity index (χ2v) is 4.71. The van der Waals surface area contributed by atoms with Crippen LogP contribution in [-0.2, 0) is 12.5 Å². The molecule has 0 bridgehead atoms. The van der Waals surface area contributed by atoms with Crippen LogP contribution in [-0.4, -0.2) is 0 Å². The van der Waals surface area contributed by atoms with Crippen LogP contribution in [0.5, 0.6) is 5.75 Å². The Labute approximate surface area is 113 Å². The molecule has 1 nitrogen and oxygen atoms in total. The van der Waals surface area contributed by atoms with Crippen LogP contribution in [0.4, 0.5) is 0 Å². The summed E-state index contributed by atoms with van der Waals surface area (Å²) in [7, 11) is 0. The van der Waals surface area contributed by atoms with Gasteiger partial charge in [-0.1, -0.05) is 30.3 Å². The van der Waals surface area contributed by atoms with Crippen LogP contribution in [0, 0.1) is 13.8 Å². The topological polar surface area (TPSA) is 9.23 Å². The predicted octanol–water partition coefficient (Wildman–Crippen LogP) is 4.62. The highest BCUT2D eigenvalue weighted by molar-refractivity contribution is 6.17. The molecule has 0 saturated heterocycles. The van der Waals surface area contributed by atoms with E-state index in [4.69, 9.17) is 16.3 Å². The van der Waals surface area contributed by atoms with Gasteiger partial charge in [0.25, 0.3) is 0 Å². The first-order valence-corrected chi connectivity index (χ1v) is 6.57. The molecular weight excluding hydrogens is 244 g/mol. The summed E-state index contributed by atoms with van der Waals surface area (Å²) in [5.41, 5.74) is 4.87. The first-order chi connectivity index (χ1) is 8.70. The second kappa shape index (κ2) is 5.92. The third-order valence-corrected chi connectivity index (χ3v) is 3.39. The lowest BCUT2D eigenvalue weighted by Gasteiger charge is -2.12. The zero-order valence-corrected chi connectivity index (χ0v) is 11.5. The van der Waals surface area contributed by atoms with Gasteiger partial charge >= 0.3 is 0 Å². The van der Waals surface area contributed by atoms with E-state index in [2.05, 4.69) is 32.0 Å². The molecule has 0 aliphatic heterocycles. The van der Waals surface area contributed by atoms with Gasteiger partial charge in [0.15, 0.2) is 0 Å². The maximum atomic E-state index is 5.84. The van der Waals surface area contributed by atoms with Gasteiger partial charge in [-0.3, -0.25) is 0 Å². The highest BCUT2D eigenvalue weighted by atomic mass is 35.5. The zero-order valence-electron chi connectivity index (χ0n) is 10.7. The van der Waals surface area contributed by atoms with Crippen LogP contribution in [0.3, 0.4) is 0 Å². The van der Waals surface area contributed by atoms with Gasteiger partial charge in [0.05, 0.1) is 0 Å². The molecule has 2 heteroatoms. The van der Waals surface area contributed by atoms with Gasteiger partial charge in [0.1, 0.15) is 12.4 Å². The first kappa shape index (κ1) is 13.0. The Hall–Kier alpha value is -1.47. The van der Waals surface area contributed by atoms with Crippen LogP contribution in [0.15, 0.2) is 42.5 Å². The Morgan fingerprint density at radius 1 is 1.00 bits per heavy atom. The summed E-state index contributed by atoms with van der Waals surface area (Å²) in [5, 5.41) is 0. The van der Waals surface area contributed by atoms with Gasteiger partial charge in [0, 0.05) is 5.88 Å². The molecule has 2 aromatic carbocycles. The van der Waals surface area contributed by atoms with Gasteiger partial charge in [-0.25, -0.2) is 0 Å². The van der Waals surface area contributed by atoms with Crippen LogP contribution < -0.4 is 4.74 Å². The smallest absolute Gasteiger partial charge is 0.120 e. The molecule has 0 aliphatic carbocycles. The summed E-state index contributed by atoms with van der Waals surface area (Å²) in [4.78, 5) is 0. The van der Waals surface area contributed by atoms with Crippen molar-refractivity contribution in [1.82, 2.24) is 0 Å². The fraction of sp³-hybridized carbons (Fsp3) is 0.250. The van der Waals surface area contributed by atoms with E-state index < -0.39 is 0 Å². The van der Waals surface area contributed by atoms with E-state index in [0.717, 1.165) is 11.3 Å². The highest BCUT2D eigenvalue weighted by Crippen LogP contribution is 2.19. The molecule has 2 rings (SSSR count). The van der Waals surface area contributed by atoms with Crippen molar-refractivity contribution in [3.63, 3.8) is 0 Å². The Morgan fingerprint density at radius 3 is 2.33 bits per heavy atom. The molecule has 0 heterocycles. The molecule has 0 saturated carbocycles. The summed E-state index contributed by atoms with van der Waals surface area (Å²) in [6, 6.07) is 14.2. The molecule has 0 fully saturated rings. The Kier molecular flexibility index (Phi) is 4.27. The zero-order chi connectivity index (χ0) is 13.0. The molecule has 18 heavy (non-hydrogen) atoms. The average Bonchev–Trinajstić information content (AvgIpc) is 2.38. The predicted molar refractivity (Wildman–Crippen MR) is 76.2 cm³/mol. The molecule has 0 atom stereocenters. The van der Waals surface area contributed by atoms with Crippen LogP contribution in [0.1, 0.15) is 22.3 Å². The molecule has 0 unspecified atom stereocenters. The fourth-order valence-corrected chi connectivity index (χ4v) is 2.12. The van der Waals surface area contributed by atoms with Crippen molar-refractivity contribution in [2.75, 3.05) is 0 Å². The number of rotatable bonds is 4. The van der Waals surface area contributed by atoms with E-state index in [-0.39, 0.29) is 0 Å². The van der Waals surface area contributed by atoms with Crippen LogP contribution in [0.2, 0.25) is 0 Å². The molecule has 2 aromatic rings. The number of benzene rings is 2. The van der Waals surface area contributed by atoms with E-state index in [1.807, 2.05) is 24.3 Å². The minimum Gasteiger partial charge on any atom is -0.489 e. The van der Waals surface area contributed by atoms with Crippen LogP contribution >= 0.6 is 11.6 Å². The number of alkyl halides is 1. The molecule has 0 amide bonds. The minimum atomic E-state index is 0.514. The van der Waals surface area contributed by atoms with E-state index in [1.54, 1.807) is 0 Å². The monoisotopic (exact) mass is 260 g/mol. The fourth-order valence-electron chi connectivity index (χ4n) is 1.95. The molecule has 0 radical (unpaired) electrons. The third-order valence-electron chi connectivity index (χ3n) is 3.08. The quantitative estimate of drug-likeness (QED) is 0.729. The van der Waals surface area contributed by atoms with Crippen molar-refractivity contribution in [3.8, 4) is 5.75 Å². The van der Waals surface area contributed by atoms with Crippen molar-refractivity contribution < 1.29 is 4.74 Å². The molecule has 0 spiro atoms. The van der Waals surface area contributed by atoms with E-state index in [9.17, 15) is 0 Å². The second-order valence-electron chi connectivity index (χ2n) is 4.44. The summed E-state index contributed by atoms with van der Waals surface area (Å²) in [5.74, 6) is 1.39. The maximum absolute atomic E-state index is 5.84. The lowest BCUT2D eigenvalue weighted by atomic mass is 10.0. The normalized spacial score (nSPS) is 10.4. The van der Waals surface area contributed by atoms with Crippen molar-refractivity contribution in [3.05, 3.63) is 64.7 Å². The summed E-state index contributed by atoms with van der Waals surface area (Å²) >= 11 is 5.81. The highest BCUT2D eigenvalue weighted by Gasteiger charge is 2.03. The lowest BCUT2D eigenvalue weighted by Crippen LogP contribution is -2.00.